The molecule has 3 heterocycles. The molecule has 1 aliphatic heterocycles. The molecule has 118 valence electrons. The Morgan fingerprint density at radius 3 is 2.73 bits per heavy atom. The molecule has 0 amide bonds. The Kier molecular flexibility index (Phi) is 4.26. The second kappa shape index (κ2) is 6.33. The fraction of sp³-hybridized carbons (Fsp3) is 0.467. The number of aryl methyl sites for hydroxylation is 1. The van der Waals surface area contributed by atoms with Crippen LogP contribution in [0.25, 0.3) is 0 Å². The molecular formula is C15H20N4O3. The van der Waals surface area contributed by atoms with E-state index in [4.69, 9.17) is 4.42 Å². The molecule has 2 aromatic heterocycles. The summed E-state index contributed by atoms with van der Waals surface area (Å²) in [5.41, 5.74) is 0.699. The Balaban J connectivity index is 1.61. The number of hydrogen-bond donors (Lipinski definition) is 1. The fourth-order valence-electron chi connectivity index (χ4n) is 2.87. The van der Waals surface area contributed by atoms with Crippen LogP contribution in [-0.4, -0.2) is 56.6 Å². The molecule has 0 bridgehead atoms. The van der Waals surface area contributed by atoms with E-state index in [9.17, 15) is 9.90 Å². The second-order valence-corrected chi connectivity index (χ2v) is 5.56. The van der Waals surface area contributed by atoms with Gasteiger partial charge in [-0.1, -0.05) is 0 Å². The molecule has 0 unspecified atom stereocenters. The van der Waals surface area contributed by atoms with Crippen LogP contribution in [0.5, 0.6) is 0 Å². The van der Waals surface area contributed by atoms with Crippen LogP contribution < -0.4 is 0 Å². The maximum Gasteiger partial charge on any atom is 0.325 e. The third-order valence-electron chi connectivity index (χ3n) is 4.15. The van der Waals surface area contributed by atoms with Gasteiger partial charge >= 0.3 is 5.97 Å². The molecule has 1 N–H and O–H groups in total. The fourth-order valence-corrected chi connectivity index (χ4v) is 2.87. The predicted molar refractivity (Wildman–Crippen MR) is 79.1 cm³/mol. The molecule has 0 saturated carbocycles. The first-order valence-corrected chi connectivity index (χ1v) is 7.32. The molecule has 0 aliphatic carbocycles. The van der Waals surface area contributed by atoms with E-state index in [1.54, 1.807) is 12.3 Å². The Labute approximate surface area is 128 Å². The average Bonchev–Trinajstić information content (AvgIpc) is 3.14. The predicted octanol–water partition coefficient (Wildman–Crippen LogP) is 0.957. The van der Waals surface area contributed by atoms with Gasteiger partial charge in [0, 0.05) is 51.2 Å². The number of aromatic nitrogens is 2. The largest absolute Gasteiger partial charge is 0.480 e. The number of carboxylic acids is 1. The number of furan rings is 1. The van der Waals surface area contributed by atoms with Crippen molar-refractivity contribution < 1.29 is 14.3 Å². The van der Waals surface area contributed by atoms with E-state index in [1.165, 1.54) is 12.5 Å². The van der Waals surface area contributed by atoms with Crippen molar-refractivity contribution in [2.24, 2.45) is 7.05 Å². The van der Waals surface area contributed by atoms with Gasteiger partial charge in [0.1, 0.15) is 11.9 Å². The van der Waals surface area contributed by atoms with Gasteiger partial charge in [0.25, 0.3) is 0 Å². The minimum atomic E-state index is -0.834. The van der Waals surface area contributed by atoms with E-state index in [1.807, 2.05) is 22.7 Å². The van der Waals surface area contributed by atoms with E-state index in [2.05, 4.69) is 9.88 Å². The van der Waals surface area contributed by atoms with Crippen molar-refractivity contribution in [2.45, 2.75) is 12.6 Å². The zero-order chi connectivity index (χ0) is 15.5. The second-order valence-electron chi connectivity index (χ2n) is 5.56. The lowest BCUT2D eigenvalue weighted by Gasteiger charge is -2.37. The van der Waals surface area contributed by atoms with Gasteiger partial charge in [0.05, 0.1) is 19.1 Å². The summed E-state index contributed by atoms with van der Waals surface area (Å²) < 4.78 is 7.04. The van der Waals surface area contributed by atoms with Gasteiger partial charge in [0.15, 0.2) is 0 Å². The molecule has 7 heteroatoms. The molecule has 7 nitrogen and oxygen atoms in total. The van der Waals surface area contributed by atoms with Crippen LogP contribution in [0.2, 0.25) is 0 Å². The van der Waals surface area contributed by atoms with Crippen molar-refractivity contribution in [1.29, 1.82) is 0 Å². The van der Waals surface area contributed by atoms with Gasteiger partial charge in [-0.2, -0.15) is 0 Å². The highest BCUT2D eigenvalue weighted by Gasteiger charge is 2.31. The van der Waals surface area contributed by atoms with Crippen LogP contribution >= 0.6 is 0 Å². The van der Waals surface area contributed by atoms with Crippen LogP contribution in [-0.2, 0) is 18.4 Å². The number of nitrogens with zero attached hydrogens (tertiary/aromatic N) is 4. The molecule has 3 rings (SSSR count). The van der Waals surface area contributed by atoms with E-state index >= 15 is 0 Å². The van der Waals surface area contributed by atoms with Crippen LogP contribution in [0.4, 0.5) is 0 Å². The van der Waals surface area contributed by atoms with Gasteiger partial charge in [-0.25, -0.2) is 4.98 Å². The first kappa shape index (κ1) is 14.8. The van der Waals surface area contributed by atoms with Crippen LogP contribution in [0, 0.1) is 0 Å². The number of imidazole rings is 1. The maximum absolute atomic E-state index is 11.6. The number of piperazine rings is 1. The van der Waals surface area contributed by atoms with Crippen molar-refractivity contribution >= 4 is 5.97 Å². The SMILES string of the molecule is Cn1ccnc1CN1CCN([C@@H](C(=O)O)c2ccoc2)CC1. The zero-order valence-electron chi connectivity index (χ0n) is 12.6. The highest BCUT2D eigenvalue weighted by Crippen LogP contribution is 2.23. The molecular weight excluding hydrogens is 284 g/mol. The number of rotatable bonds is 5. The zero-order valence-corrected chi connectivity index (χ0v) is 12.6. The van der Waals surface area contributed by atoms with Crippen molar-refractivity contribution in [3.8, 4) is 0 Å². The molecule has 1 atom stereocenters. The monoisotopic (exact) mass is 304 g/mol. The van der Waals surface area contributed by atoms with E-state index in [0.717, 1.165) is 25.5 Å². The quantitative estimate of drug-likeness (QED) is 0.887. The minimum absolute atomic E-state index is 0.630. The first-order chi connectivity index (χ1) is 10.6. The summed E-state index contributed by atoms with van der Waals surface area (Å²) >= 11 is 0. The molecule has 1 aliphatic rings. The third-order valence-corrected chi connectivity index (χ3v) is 4.15. The van der Waals surface area contributed by atoms with E-state index in [0.29, 0.717) is 18.7 Å². The minimum Gasteiger partial charge on any atom is -0.480 e. The number of hydrogen-bond acceptors (Lipinski definition) is 5. The number of aliphatic carboxylic acids is 1. The lowest BCUT2D eigenvalue weighted by molar-refractivity contribution is -0.144. The van der Waals surface area contributed by atoms with E-state index in [-0.39, 0.29) is 0 Å². The van der Waals surface area contributed by atoms with E-state index < -0.39 is 12.0 Å². The molecule has 1 saturated heterocycles. The summed E-state index contributed by atoms with van der Waals surface area (Å²) in [5.74, 6) is 0.192. The van der Waals surface area contributed by atoms with Gasteiger partial charge in [-0.05, 0) is 6.07 Å². The number of carbonyl (C=O) groups is 1. The Hall–Kier alpha value is -2.12. The summed E-state index contributed by atoms with van der Waals surface area (Å²) in [6.45, 7) is 3.88. The normalized spacial score (nSPS) is 18.4. The van der Waals surface area contributed by atoms with Gasteiger partial charge in [0.2, 0.25) is 0 Å². The average molecular weight is 304 g/mol. The molecule has 2 aromatic rings. The standard InChI is InChI=1S/C15H20N4O3/c1-17-4-3-16-13(17)10-18-5-7-19(8-6-18)14(15(20)21)12-2-9-22-11-12/h2-4,9,11,14H,5-8,10H2,1H3,(H,20,21)/t14-/m1/s1. The molecule has 0 radical (unpaired) electrons. The van der Waals surface area contributed by atoms with Crippen molar-refractivity contribution in [3.05, 3.63) is 42.4 Å². The smallest absolute Gasteiger partial charge is 0.325 e. The topological polar surface area (TPSA) is 74.7 Å². The summed E-state index contributed by atoms with van der Waals surface area (Å²) in [4.78, 5) is 20.2. The van der Waals surface area contributed by atoms with Crippen LogP contribution in [0.3, 0.4) is 0 Å². The highest BCUT2D eigenvalue weighted by atomic mass is 16.4. The van der Waals surface area contributed by atoms with Gasteiger partial charge in [-0.3, -0.25) is 14.6 Å². The van der Waals surface area contributed by atoms with Gasteiger partial charge in [-0.15, -0.1) is 0 Å². The Morgan fingerprint density at radius 1 is 1.41 bits per heavy atom. The number of carboxylic acid groups (broad SMARTS) is 1. The van der Waals surface area contributed by atoms with Crippen LogP contribution in [0.15, 0.2) is 35.4 Å². The molecule has 22 heavy (non-hydrogen) atoms. The lowest BCUT2D eigenvalue weighted by atomic mass is 10.1. The molecule has 0 spiro atoms. The summed E-state index contributed by atoms with van der Waals surface area (Å²) in [6, 6.07) is 1.09. The Morgan fingerprint density at radius 2 is 2.18 bits per heavy atom. The Bertz CT molecular complexity index is 615. The third kappa shape index (κ3) is 3.05. The molecule has 1 fully saturated rings. The summed E-state index contributed by atoms with van der Waals surface area (Å²) in [7, 11) is 1.98. The maximum atomic E-state index is 11.6. The van der Waals surface area contributed by atoms with Crippen molar-refractivity contribution in [1.82, 2.24) is 19.4 Å². The lowest BCUT2D eigenvalue weighted by Crippen LogP contribution is -2.49. The first-order valence-electron chi connectivity index (χ1n) is 7.32. The van der Waals surface area contributed by atoms with Crippen LogP contribution in [0.1, 0.15) is 17.4 Å². The van der Waals surface area contributed by atoms with Crippen molar-refractivity contribution in [2.75, 3.05) is 26.2 Å². The van der Waals surface area contributed by atoms with Gasteiger partial charge < -0.3 is 14.1 Å². The van der Waals surface area contributed by atoms with Crippen molar-refractivity contribution in [3.63, 3.8) is 0 Å². The molecule has 0 aromatic carbocycles. The highest BCUT2D eigenvalue weighted by molar-refractivity contribution is 5.75. The summed E-state index contributed by atoms with van der Waals surface area (Å²) in [6.07, 6.45) is 6.76. The summed E-state index contributed by atoms with van der Waals surface area (Å²) in [5, 5.41) is 9.50.